The molecule has 1 aromatic rings. The molecule has 0 radical (unpaired) electrons. The van der Waals surface area contributed by atoms with Gasteiger partial charge >= 0.3 is 0 Å². The molecule has 1 aliphatic heterocycles. The largest absolute Gasteiger partial charge is 0.393 e. The van der Waals surface area contributed by atoms with Crippen molar-refractivity contribution in [2.45, 2.75) is 32.0 Å². The van der Waals surface area contributed by atoms with Gasteiger partial charge in [0.1, 0.15) is 0 Å². The number of benzene rings is 1. The smallest absolute Gasteiger partial charge is 0.0992 e. The third-order valence-corrected chi connectivity index (χ3v) is 3.41. The fraction of sp³-hybridized carbons (Fsp3) is 0.500. The lowest BCUT2D eigenvalue weighted by Crippen LogP contribution is -2.36. The lowest BCUT2D eigenvalue weighted by molar-refractivity contribution is 0.145. The first-order chi connectivity index (χ1) is 8.61. The molecule has 0 bridgehead atoms. The zero-order valence-corrected chi connectivity index (χ0v) is 10.5. The highest BCUT2D eigenvalue weighted by Crippen LogP contribution is 2.29. The van der Waals surface area contributed by atoms with Gasteiger partial charge in [-0.2, -0.15) is 5.26 Å². The molecule has 4 nitrogen and oxygen atoms in total. The molecule has 1 saturated heterocycles. The molecular formula is C14H18N2O2. The number of rotatable bonds is 2. The molecule has 2 N–H and O–H groups in total. The number of hydrogen-bond donors (Lipinski definition) is 2. The standard InChI is InChI=1S/C14H18N2O2/c1-10(17)13-3-2-11(9-15)8-14(13)16-6-4-12(18)5-7-16/h2-3,8,10,12,17-18H,4-7H2,1H3. The quantitative estimate of drug-likeness (QED) is 0.831. The lowest BCUT2D eigenvalue weighted by Gasteiger charge is -2.33. The Morgan fingerprint density at radius 2 is 2.06 bits per heavy atom. The highest BCUT2D eigenvalue weighted by atomic mass is 16.3. The Morgan fingerprint density at radius 1 is 1.39 bits per heavy atom. The number of aliphatic hydroxyl groups is 2. The van der Waals surface area contributed by atoms with E-state index in [1.165, 1.54) is 0 Å². The van der Waals surface area contributed by atoms with E-state index >= 15 is 0 Å². The van der Waals surface area contributed by atoms with Gasteiger partial charge in [0.05, 0.1) is 23.8 Å². The minimum absolute atomic E-state index is 0.226. The maximum absolute atomic E-state index is 9.79. The summed E-state index contributed by atoms with van der Waals surface area (Å²) in [5, 5.41) is 28.3. The molecule has 4 heteroatoms. The molecule has 0 saturated carbocycles. The van der Waals surface area contributed by atoms with Gasteiger partial charge in [-0.15, -0.1) is 0 Å². The van der Waals surface area contributed by atoms with E-state index in [0.717, 1.165) is 37.2 Å². The van der Waals surface area contributed by atoms with Gasteiger partial charge < -0.3 is 15.1 Å². The summed E-state index contributed by atoms with van der Waals surface area (Å²) in [5.74, 6) is 0. The first-order valence-corrected chi connectivity index (χ1v) is 6.27. The fourth-order valence-electron chi connectivity index (χ4n) is 2.35. The van der Waals surface area contributed by atoms with Crippen LogP contribution in [-0.2, 0) is 0 Å². The number of hydrogen-bond acceptors (Lipinski definition) is 4. The summed E-state index contributed by atoms with van der Waals surface area (Å²) in [6, 6.07) is 7.48. The summed E-state index contributed by atoms with van der Waals surface area (Å²) in [4.78, 5) is 2.13. The minimum atomic E-state index is -0.556. The Bertz CT molecular complexity index is 457. The van der Waals surface area contributed by atoms with Gasteiger partial charge in [-0.25, -0.2) is 0 Å². The highest BCUT2D eigenvalue weighted by molar-refractivity contribution is 5.58. The van der Waals surface area contributed by atoms with Gasteiger partial charge in [0.15, 0.2) is 0 Å². The molecule has 1 atom stereocenters. The number of nitriles is 1. The van der Waals surface area contributed by atoms with Crippen LogP contribution in [0.25, 0.3) is 0 Å². The van der Waals surface area contributed by atoms with E-state index in [-0.39, 0.29) is 6.10 Å². The third-order valence-electron chi connectivity index (χ3n) is 3.41. The normalized spacial score (nSPS) is 18.4. The molecule has 0 spiro atoms. The maximum atomic E-state index is 9.79. The number of nitrogens with zero attached hydrogens (tertiary/aromatic N) is 2. The second kappa shape index (κ2) is 5.38. The molecule has 0 aromatic heterocycles. The molecule has 1 heterocycles. The zero-order chi connectivity index (χ0) is 13.1. The van der Waals surface area contributed by atoms with Crippen molar-refractivity contribution < 1.29 is 10.2 Å². The van der Waals surface area contributed by atoms with Crippen LogP contribution in [0.5, 0.6) is 0 Å². The molecule has 0 aliphatic carbocycles. The van der Waals surface area contributed by atoms with Crippen LogP contribution in [0, 0.1) is 11.3 Å². The van der Waals surface area contributed by atoms with Crippen molar-refractivity contribution in [3.63, 3.8) is 0 Å². The summed E-state index contributed by atoms with van der Waals surface area (Å²) >= 11 is 0. The molecule has 96 valence electrons. The number of aliphatic hydroxyl groups excluding tert-OH is 2. The maximum Gasteiger partial charge on any atom is 0.0992 e. The van der Waals surface area contributed by atoms with Crippen molar-refractivity contribution in [1.82, 2.24) is 0 Å². The molecule has 1 fully saturated rings. The number of anilines is 1. The average molecular weight is 246 g/mol. The van der Waals surface area contributed by atoms with Gasteiger partial charge in [-0.3, -0.25) is 0 Å². The van der Waals surface area contributed by atoms with E-state index in [2.05, 4.69) is 11.0 Å². The SMILES string of the molecule is CC(O)c1ccc(C#N)cc1N1CCC(O)CC1. The summed E-state index contributed by atoms with van der Waals surface area (Å²) in [6.07, 6.45) is 0.682. The average Bonchev–Trinajstić information content (AvgIpc) is 2.38. The van der Waals surface area contributed by atoms with Gasteiger partial charge in [-0.05, 0) is 31.9 Å². The van der Waals surface area contributed by atoms with Crippen LogP contribution in [0.1, 0.15) is 37.0 Å². The Labute approximate surface area is 107 Å². The van der Waals surface area contributed by atoms with Gasteiger partial charge in [0.25, 0.3) is 0 Å². The van der Waals surface area contributed by atoms with Crippen molar-refractivity contribution in [3.05, 3.63) is 29.3 Å². The molecule has 2 rings (SSSR count). The van der Waals surface area contributed by atoms with Crippen LogP contribution in [0.3, 0.4) is 0 Å². The van der Waals surface area contributed by atoms with E-state index in [1.54, 1.807) is 13.0 Å². The highest BCUT2D eigenvalue weighted by Gasteiger charge is 2.21. The summed E-state index contributed by atoms with van der Waals surface area (Å²) in [5.41, 5.74) is 2.35. The van der Waals surface area contributed by atoms with Crippen molar-refractivity contribution in [2.75, 3.05) is 18.0 Å². The second-order valence-corrected chi connectivity index (χ2v) is 4.78. The van der Waals surface area contributed by atoms with Crippen LogP contribution in [0.4, 0.5) is 5.69 Å². The molecule has 1 aromatic carbocycles. The fourth-order valence-corrected chi connectivity index (χ4v) is 2.35. The Morgan fingerprint density at radius 3 is 2.61 bits per heavy atom. The minimum Gasteiger partial charge on any atom is -0.393 e. The van der Waals surface area contributed by atoms with Crippen LogP contribution >= 0.6 is 0 Å². The van der Waals surface area contributed by atoms with E-state index in [0.29, 0.717) is 5.56 Å². The molecule has 1 unspecified atom stereocenters. The predicted octanol–water partition coefficient (Wildman–Crippen LogP) is 1.57. The van der Waals surface area contributed by atoms with E-state index in [1.807, 2.05) is 12.1 Å². The topological polar surface area (TPSA) is 67.5 Å². The first kappa shape index (κ1) is 12.9. The summed E-state index contributed by atoms with van der Waals surface area (Å²) in [6.45, 7) is 3.25. The van der Waals surface area contributed by atoms with E-state index in [9.17, 15) is 10.2 Å². The first-order valence-electron chi connectivity index (χ1n) is 6.27. The second-order valence-electron chi connectivity index (χ2n) is 4.78. The van der Waals surface area contributed by atoms with Crippen LogP contribution in [-0.4, -0.2) is 29.4 Å². The summed E-state index contributed by atoms with van der Waals surface area (Å²) < 4.78 is 0. The van der Waals surface area contributed by atoms with E-state index in [4.69, 9.17) is 5.26 Å². The van der Waals surface area contributed by atoms with Crippen LogP contribution < -0.4 is 4.90 Å². The van der Waals surface area contributed by atoms with Gasteiger partial charge in [-0.1, -0.05) is 6.07 Å². The molecule has 1 aliphatic rings. The van der Waals surface area contributed by atoms with Crippen molar-refractivity contribution >= 4 is 5.69 Å². The third kappa shape index (κ3) is 2.63. The van der Waals surface area contributed by atoms with Crippen molar-refractivity contribution in [1.29, 1.82) is 5.26 Å². The van der Waals surface area contributed by atoms with Crippen molar-refractivity contribution in [2.24, 2.45) is 0 Å². The number of piperidine rings is 1. The van der Waals surface area contributed by atoms with Crippen molar-refractivity contribution in [3.8, 4) is 6.07 Å². The van der Waals surface area contributed by atoms with E-state index < -0.39 is 6.10 Å². The van der Waals surface area contributed by atoms with Crippen LogP contribution in [0.2, 0.25) is 0 Å². The van der Waals surface area contributed by atoms with Crippen LogP contribution in [0.15, 0.2) is 18.2 Å². The molecule has 18 heavy (non-hydrogen) atoms. The summed E-state index contributed by atoms with van der Waals surface area (Å²) in [7, 11) is 0. The Kier molecular flexibility index (Phi) is 3.85. The molecular weight excluding hydrogens is 228 g/mol. The molecule has 0 amide bonds. The predicted molar refractivity (Wildman–Crippen MR) is 69.2 cm³/mol. The Hall–Kier alpha value is -1.57. The van der Waals surface area contributed by atoms with Gasteiger partial charge in [0.2, 0.25) is 0 Å². The Balaban J connectivity index is 2.32. The lowest BCUT2D eigenvalue weighted by atomic mass is 10.0. The van der Waals surface area contributed by atoms with Gasteiger partial charge in [0, 0.05) is 24.3 Å². The zero-order valence-electron chi connectivity index (χ0n) is 10.5. The monoisotopic (exact) mass is 246 g/mol.